The molecule has 4 rings (SSSR count). The second-order valence-electron chi connectivity index (χ2n) is 11.7. The fourth-order valence-corrected chi connectivity index (χ4v) is 6.25. The Morgan fingerprint density at radius 3 is 2.36 bits per heavy atom. The van der Waals surface area contributed by atoms with Crippen molar-refractivity contribution in [2.75, 3.05) is 12.9 Å². The van der Waals surface area contributed by atoms with E-state index in [1.165, 1.54) is 52.3 Å². The van der Waals surface area contributed by atoms with Crippen LogP contribution < -0.4 is 10.1 Å². The molecule has 0 spiro atoms. The van der Waals surface area contributed by atoms with Crippen LogP contribution in [0.4, 0.5) is 17.6 Å². The van der Waals surface area contributed by atoms with Crippen LogP contribution in [0.2, 0.25) is 0 Å². The first-order chi connectivity index (χ1) is 20.9. The molecule has 0 bridgehead atoms. The molecule has 0 aliphatic rings. The highest BCUT2D eigenvalue weighted by molar-refractivity contribution is 7.91. The molecule has 2 atom stereocenters. The second kappa shape index (κ2) is 12.4. The number of H-pyrrole nitrogens is 1. The molecule has 0 aliphatic carbocycles. The number of aromatic nitrogens is 2. The Bertz CT molecular complexity index is 1800. The molecule has 0 radical (unpaired) electrons. The van der Waals surface area contributed by atoms with Crippen LogP contribution >= 0.6 is 0 Å². The van der Waals surface area contributed by atoms with Crippen molar-refractivity contribution in [3.05, 3.63) is 89.0 Å². The Balaban J connectivity index is 1.65. The number of rotatable bonds is 11. The van der Waals surface area contributed by atoms with E-state index in [4.69, 9.17) is 4.74 Å². The normalized spacial score (nSPS) is 14.6. The van der Waals surface area contributed by atoms with Crippen molar-refractivity contribution in [3.8, 4) is 5.75 Å². The maximum absolute atomic E-state index is 14.6. The molecule has 0 aliphatic heterocycles. The van der Waals surface area contributed by atoms with Gasteiger partial charge >= 0.3 is 6.18 Å². The number of halogens is 4. The Labute approximate surface area is 258 Å². The van der Waals surface area contributed by atoms with E-state index in [-0.39, 0.29) is 27.6 Å². The van der Waals surface area contributed by atoms with Gasteiger partial charge < -0.3 is 20.1 Å². The van der Waals surface area contributed by atoms with Crippen LogP contribution in [0.3, 0.4) is 0 Å². The molecular formula is C32H35F4N3O5S. The summed E-state index contributed by atoms with van der Waals surface area (Å²) in [5, 5.41) is 14.1. The Hall–Kier alpha value is -3.97. The van der Waals surface area contributed by atoms with Crippen molar-refractivity contribution >= 4 is 26.6 Å². The van der Waals surface area contributed by atoms with Gasteiger partial charge in [0.15, 0.2) is 20.5 Å². The number of fused-ring (bicyclic) bond motifs is 1. The van der Waals surface area contributed by atoms with E-state index in [1.54, 1.807) is 31.2 Å². The Morgan fingerprint density at radius 1 is 1.09 bits per heavy atom. The number of hydrogen-bond donors (Lipinski definition) is 3. The van der Waals surface area contributed by atoms with Gasteiger partial charge in [-0.3, -0.25) is 4.79 Å². The number of sulfone groups is 1. The Kier molecular flexibility index (Phi) is 9.37. The summed E-state index contributed by atoms with van der Waals surface area (Å²) < 4.78 is 87.8. The lowest BCUT2D eigenvalue weighted by molar-refractivity contribution is -0.266. The van der Waals surface area contributed by atoms with Gasteiger partial charge in [-0.1, -0.05) is 39.0 Å². The number of ether oxygens (including phenoxy) is 1. The largest absolute Gasteiger partial charge is 0.497 e. The molecule has 2 unspecified atom stereocenters. The molecule has 2 aromatic heterocycles. The molecule has 3 N–H and O–H groups in total. The SMILES string of the molecule is CCS(=O)(=O)c1cc2cc(CC(O)(CC(C)(C)c3ccc(F)cc3C(=O)NC(C)c3ccc(OC)cc3)C(F)(F)F)[nH]c2cn1. The highest BCUT2D eigenvalue weighted by Crippen LogP contribution is 2.44. The number of carbonyl (C=O) groups excluding carboxylic acids is 1. The number of pyridine rings is 1. The minimum Gasteiger partial charge on any atom is -0.497 e. The van der Waals surface area contributed by atoms with Crippen LogP contribution in [0, 0.1) is 5.82 Å². The van der Waals surface area contributed by atoms with Gasteiger partial charge in [0.1, 0.15) is 11.6 Å². The van der Waals surface area contributed by atoms with Gasteiger partial charge in [-0.2, -0.15) is 13.2 Å². The highest BCUT2D eigenvalue weighted by atomic mass is 32.2. The molecule has 1 amide bonds. The molecule has 4 aromatic rings. The summed E-state index contributed by atoms with van der Waals surface area (Å²) in [6.45, 7) is 6.05. The number of hydrogen-bond acceptors (Lipinski definition) is 6. The molecule has 2 aromatic carbocycles. The van der Waals surface area contributed by atoms with Gasteiger partial charge in [0.2, 0.25) is 0 Å². The number of nitrogens with one attached hydrogen (secondary N) is 2. The summed E-state index contributed by atoms with van der Waals surface area (Å²) in [6, 6.07) is 12.3. The number of nitrogens with zero attached hydrogens (tertiary/aromatic N) is 1. The first-order valence-corrected chi connectivity index (χ1v) is 15.8. The molecule has 242 valence electrons. The monoisotopic (exact) mass is 649 g/mol. The molecule has 2 heterocycles. The van der Waals surface area contributed by atoms with Crippen LogP contribution in [0.25, 0.3) is 10.9 Å². The maximum atomic E-state index is 14.6. The summed E-state index contributed by atoms with van der Waals surface area (Å²) in [6.07, 6.45) is -5.68. The number of benzene rings is 2. The summed E-state index contributed by atoms with van der Waals surface area (Å²) in [5.74, 6) is -1.03. The van der Waals surface area contributed by atoms with Gasteiger partial charge in [-0.15, -0.1) is 0 Å². The Morgan fingerprint density at radius 2 is 1.76 bits per heavy atom. The van der Waals surface area contributed by atoms with E-state index in [1.807, 2.05) is 0 Å². The zero-order valence-electron chi connectivity index (χ0n) is 25.4. The number of amides is 1. The first kappa shape index (κ1) is 33.9. The molecule has 0 fully saturated rings. The van der Waals surface area contributed by atoms with Crippen LogP contribution in [-0.4, -0.2) is 54.0 Å². The molecule has 8 nitrogen and oxygen atoms in total. The fraction of sp³-hybridized carbons (Fsp3) is 0.375. The molecule has 0 saturated carbocycles. The van der Waals surface area contributed by atoms with Gasteiger partial charge in [-0.05, 0) is 66.3 Å². The number of aromatic amines is 1. The van der Waals surface area contributed by atoms with E-state index < -0.39 is 57.6 Å². The molecular weight excluding hydrogens is 614 g/mol. The standard InChI is InChI=1S/C32H35F4N3O5S/c1-6-45(42,43)28-14-21-13-23(39-27(21)17-37-28)16-31(41,32(34,35)36)18-30(3,4)26-12-9-22(33)15-25(26)29(40)38-19(2)20-7-10-24(44-5)11-8-20/h7-15,17,19,39,41H,6,16,18H2,1-5H3,(H,38,40). The van der Waals surface area contributed by atoms with Crippen LogP contribution in [0.15, 0.2) is 65.8 Å². The molecule has 45 heavy (non-hydrogen) atoms. The lowest BCUT2D eigenvalue weighted by Crippen LogP contribution is -2.51. The summed E-state index contributed by atoms with van der Waals surface area (Å²) >= 11 is 0. The van der Waals surface area contributed by atoms with E-state index in [0.29, 0.717) is 16.7 Å². The average molecular weight is 650 g/mol. The van der Waals surface area contributed by atoms with E-state index in [0.717, 1.165) is 17.7 Å². The van der Waals surface area contributed by atoms with Gasteiger partial charge in [0, 0.05) is 23.1 Å². The fourth-order valence-electron chi connectivity index (χ4n) is 5.43. The molecule has 0 saturated heterocycles. The second-order valence-corrected chi connectivity index (χ2v) is 14.0. The minimum atomic E-state index is -5.11. The quantitative estimate of drug-likeness (QED) is 0.167. The predicted octanol–water partition coefficient (Wildman–Crippen LogP) is 6.20. The smallest absolute Gasteiger partial charge is 0.417 e. The summed E-state index contributed by atoms with van der Waals surface area (Å²) in [4.78, 5) is 20.1. The highest BCUT2D eigenvalue weighted by Gasteiger charge is 2.56. The zero-order valence-corrected chi connectivity index (χ0v) is 26.2. The van der Waals surface area contributed by atoms with E-state index >= 15 is 0 Å². The number of aliphatic hydroxyl groups is 1. The third-order valence-corrected chi connectivity index (χ3v) is 9.52. The van der Waals surface area contributed by atoms with Crippen molar-refractivity contribution in [1.29, 1.82) is 0 Å². The topological polar surface area (TPSA) is 121 Å². The van der Waals surface area contributed by atoms with E-state index in [9.17, 15) is 35.9 Å². The maximum Gasteiger partial charge on any atom is 0.417 e. The third-order valence-electron chi connectivity index (χ3n) is 7.90. The first-order valence-electron chi connectivity index (χ1n) is 14.1. The number of alkyl halides is 3. The summed E-state index contributed by atoms with van der Waals surface area (Å²) in [7, 11) is -2.14. The summed E-state index contributed by atoms with van der Waals surface area (Å²) in [5.41, 5.74) is -3.80. The predicted molar refractivity (Wildman–Crippen MR) is 161 cm³/mol. The number of carbonyl (C=O) groups is 1. The zero-order chi connectivity index (χ0) is 33.4. The minimum absolute atomic E-state index is 0.00106. The third kappa shape index (κ3) is 7.30. The lowest BCUT2D eigenvalue weighted by atomic mass is 9.72. The number of methoxy groups -OCH3 is 1. The average Bonchev–Trinajstić information content (AvgIpc) is 3.37. The van der Waals surface area contributed by atoms with Crippen LogP contribution in [0.5, 0.6) is 5.75 Å². The van der Waals surface area contributed by atoms with Crippen LogP contribution in [-0.2, 0) is 21.7 Å². The van der Waals surface area contributed by atoms with Gasteiger partial charge in [-0.25, -0.2) is 17.8 Å². The van der Waals surface area contributed by atoms with Crippen molar-refractivity contribution in [2.24, 2.45) is 0 Å². The van der Waals surface area contributed by atoms with Gasteiger partial charge in [0.25, 0.3) is 5.91 Å². The van der Waals surface area contributed by atoms with Gasteiger partial charge in [0.05, 0.1) is 30.6 Å². The van der Waals surface area contributed by atoms with Crippen molar-refractivity contribution in [3.63, 3.8) is 0 Å². The van der Waals surface area contributed by atoms with Crippen LogP contribution in [0.1, 0.15) is 67.3 Å². The van der Waals surface area contributed by atoms with Crippen molar-refractivity contribution in [1.82, 2.24) is 15.3 Å². The molecule has 13 heteroatoms. The van der Waals surface area contributed by atoms with E-state index in [2.05, 4.69) is 15.3 Å². The van der Waals surface area contributed by atoms with Crippen molar-refractivity contribution in [2.45, 2.75) is 68.8 Å². The van der Waals surface area contributed by atoms with Crippen molar-refractivity contribution < 1.29 is 40.6 Å². The lowest BCUT2D eigenvalue weighted by Gasteiger charge is -2.38.